The van der Waals surface area contributed by atoms with Crippen LogP contribution in [0.1, 0.15) is 19.2 Å². The number of aryl methyl sites for hydroxylation is 1. The van der Waals surface area contributed by atoms with E-state index in [0.717, 1.165) is 49.1 Å². The predicted molar refractivity (Wildman–Crippen MR) is 132 cm³/mol. The molecule has 0 radical (unpaired) electrons. The van der Waals surface area contributed by atoms with E-state index in [1.54, 1.807) is 0 Å². The second-order valence-corrected chi connectivity index (χ2v) is 7.04. The van der Waals surface area contributed by atoms with Crippen LogP contribution < -0.4 is 10.1 Å². The highest BCUT2D eigenvalue weighted by atomic mass is 127. The molecule has 0 aliphatic heterocycles. The summed E-state index contributed by atoms with van der Waals surface area (Å²) in [6, 6.07) is 13.3. The van der Waals surface area contributed by atoms with E-state index in [4.69, 9.17) is 21.3 Å². The van der Waals surface area contributed by atoms with Gasteiger partial charge in [-0.15, -0.1) is 34.2 Å². The van der Waals surface area contributed by atoms with Crippen molar-refractivity contribution in [3.05, 3.63) is 59.5 Å². The zero-order valence-electron chi connectivity index (χ0n) is 17.3. The fourth-order valence-corrected chi connectivity index (χ4v) is 3.02. The lowest BCUT2D eigenvalue weighted by Gasteiger charge is -2.22. The van der Waals surface area contributed by atoms with E-state index >= 15 is 0 Å². The van der Waals surface area contributed by atoms with E-state index in [-0.39, 0.29) is 24.0 Å². The van der Waals surface area contributed by atoms with Gasteiger partial charge in [0.15, 0.2) is 11.6 Å². The van der Waals surface area contributed by atoms with Gasteiger partial charge in [-0.2, -0.15) is 0 Å². The Morgan fingerprint density at radius 2 is 2.00 bits per heavy atom. The zero-order chi connectivity index (χ0) is 20.5. The highest BCUT2D eigenvalue weighted by Gasteiger charge is 2.07. The monoisotopic (exact) mass is 542 g/mol. The number of hydrogen-bond acceptors (Lipinski definition) is 4. The number of halogens is 2. The van der Waals surface area contributed by atoms with Crippen molar-refractivity contribution in [1.29, 1.82) is 0 Å². The summed E-state index contributed by atoms with van der Waals surface area (Å²) in [4.78, 5) is 6.81. The Hall–Kier alpha value is -2.07. The summed E-state index contributed by atoms with van der Waals surface area (Å²) < 4.78 is 7.80. The molecule has 1 aromatic carbocycles. The zero-order valence-corrected chi connectivity index (χ0v) is 20.4. The largest absolute Gasteiger partial charge is 0.492 e. The number of nitrogens with one attached hydrogen (secondary N) is 1. The molecule has 9 heteroatoms. The molecule has 3 aromatic rings. The first-order valence-corrected chi connectivity index (χ1v) is 10.2. The van der Waals surface area contributed by atoms with Gasteiger partial charge >= 0.3 is 0 Å². The highest BCUT2D eigenvalue weighted by Crippen LogP contribution is 2.15. The third-order valence-corrected chi connectivity index (χ3v) is 4.66. The van der Waals surface area contributed by atoms with E-state index < -0.39 is 0 Å². The number of benzene rings is 1. The van der Waals surface area contributed by atoms with Crippen LogP contribution in [0.25, 0.3) is 5.65 Å². The molecule has 0 fully saturated rings. The molecule has 162 valence electrons. The van der Waals surface area contributed by atoms with Crippen LogP contribution in [0, 0.1) is 0 Å². The van der Waals surface area contributed by atoms with Crippen molar-refractivity contribution < 1.29 is 4.74 Å². The smallest absolute Gasteiger partial charge is 0.193 e. The number of aromatic nitrogens is 3. The van der Waals surface area contributed by atoms with Gasteiger partial charge in [-0.05, 0) is 49.7 Å². The molecule has 0 unspecified atom stereocenters. The minimum absolute atomic E-state index is 0. The molecule has 0 saturated carbocycles. The van der Waals surface area contributed by atoms with Gasteiger partial charge in [0.2, 0.25) is 0 Å². The van der Waals surface area contributed by atoms with Gasteiger partial charge in [0.25, 0.3) is 0 Å². The fourth-order valence-electron chi connectivity index (χ4n) is 2.89. The maximum atomic E-state index is 5.90. The second-order valence-electron chi connectivity index (χ2n) is 6.61. The van der Waals surface area contributed by atoms with Crippen LogP contribution in [0.3, 0.4) is 0 Å². The standard InChI is InChI=1S/C21H27ClN6O.HI/c1-3-23-21(27(2)15-16-29-18-11-9-17(22)10-12-18)24-13-6-8-20-26-25-19-7-4-5-14-28(19)20;/h4-5,7,9-12,14H,3,6,8,13,15-16H2,1-2H3,(H,23,24);1H. The Balaban J connectivity index is 0.00000320. The Bertz CT molecular complexity index is 931. The summed E-state index contributed by atoms with van der Waals surface area (Å²) in [5.74, 6) is 2.65. The molecule has 3 rings (SSSR count). The van der Waals surface area contributed by atoms with E-state index in [9.17, 15) is 0 Å². The number of ether oxygens (including phenoxy) is 1. The lowest BCUT2D eigenvalue weighted by molar-refractivity contribution is 0.281. The number of nitrogens with zero attached hydrogens (tertiary/aromatic N) is 5. The molecule has 1 N–H and O–H groups in total. The fraction of sp³-hybridized carbons (Fsp3) is 0.381. The summed E-state index contributed by atoms with van der Waals surface area (Å²) in [5.41, 5.74) is 0.875. The summed E-state index contributed by atoms with van der Waals surface area (Å²) >= 11 is 5.90. The van der Waals surface area contributed by atoms with Crippen LogP contribution >= 0.6 is 35.6 Å². The Kier molecular flexibility index (Phi) is 10.2. The average Bonchev–Trinajstić information content (AvgIpc) is 3.15. The van der Waals surface area contributed by atoms with Crippen molar-refractivity contribution in [1.82, 2.24) is 24.8 Å². The molecule has 0 amide bonds. The van der Waals surface area contributed by atoms with Gasteiger partial charge < -0.3 is 15.0 Å². The van der Waals surface area contributed by atoms with E-state index in [0.29, 0.717) is 18.2 Å². The predicted octanol–water partition coefficient (Wildman–Crippen LogP) is 3.91. The van der Waals surface area contributed by atoms with Crippen molar-refractivity contribution in [2.24, 2.45) is 4.99 Å². The molecule has 0 bridgehead atoms. The van der Waals surface area contributed by atoms with Crippen LogP contribution in [0.2, 0.25) is 5.02 Å². The highest BCUT2D eigenvalue weighted by molar-refractivity contribution is 14.0. The minimum Gasteiger partial charge on any atom is -0.492 e. The number of fused-ring (bicyclic) bond motifs is 1. The normalized spacial score (nSPS) is 11.2. The third-order valence-electron chi connectivity index (χ3n) is 4.41. The maximum Gasteiger partial charge on any atom is 0.193 e. The summed E-state index contributed by atoms with van der Waals surface area (Å²) in [7, 11) is 2.01. The van der Waals surface area contributed by atoms with Crippen molar-refractivity contribution in [3.8, 4) is 5.75 Å². The van der Waals surface area contributed by atoms with Gasteiger partial charge in [0.1, 0.15) is 18.2 Å². The Morgan fingerprint density at radius 1 is 1.20 bits per heavy atom. The van der Waals surface area contributed by atoms with Gasteiger partial charge in [0.05, 0.1) is 6.54 Å². The molecule has 2 heterocycles. The second kappa shape index (κ2) is 12.6. The van der Waals surface area contributed by atoms with Crippen LogP contribution in [0.4, 0.5) is 0 Å². The van der Waals surface area contributed by atoms with Gasteiger partial charge in [-0.1, -0.05) is 17.7 Å². The van der Waals surface area contributed by atoms with Crippen molar-refractivity contribution in [2.45, 2.75) is 19.8 Å². The molecule has 0 aliphatic rings. The average molecular weight is 543 g/mol. The SMILES string of the molecule is CCNC(=NCCCc1nnc2ccccn12)N(C)CCOc1ccc(Cl)cc1.I. The lowest BCUT2D eigenvalue weighted by atomic mass is 10.3. The molecule has 0 saturated heterocycles. The molecule has 30 heavy (non-hydrogen) atoms. The van der Waals surface area contributed by atoms with Crippen LogP contribution in [-0.2, 0) is 6.42 Å². The first kappa shape index (κ1) is 24.2. The maximum absolute atomic E-state index is 5.90. The number of hydrogen-bond donors (Lipinski definition) is 1. The van der Waals surface area contributed by atoms with E-state index in [1.165, 1.54) is 0 Å². The quantitative estimate of drug-likeness (QED) is 0.192. The third kappa shape index (κ3) is 7.02. The molecular weight excluding hydrogens is 515 g/mol. The summed E-state index contributed by atoms with van der Waals surface area (Å²) in [5, 5.41) is 12.5. The number of pyridine rings is 1. The minimum atomic E-state index is 0. The molecule has 2 aromatic heterocycles. The Morgan fingerprint density at radius 3 is 2.77 bits per heavy atom. The van der Waals surface area contributed by atoms with Gasteiger partial charge in [0, 0.05) is 37.8 Å². The van der Waals surface area contributed by atoms with Crippen LogP contribution in [0.15, 0.2) is 53.7 Å². The number of aliphatic imine (C=N–C) groups is 1. The van der Waals surface area contributed by atoms with E-state index in [1.807, 2.05) is 60.1 Å². The molecule has 0 aliphatic carbocycles. The van der Waals surface area contributed by atoms with Crippen molar-refractivity contribution in [3.63, 3.8) is 0 Å². The lowest BCUT2D eigenvalue weighted by Crippen LogP contribution is -2.41. The Labute approximate surface area is 199 Å². The molecule has 7 nitrogen and oxygen atoms in total. The number of likely N-dealkylation sites (N-methyl/N-ethyl adjacent to an activating group) is 1. The number of guanidine groups is 1. The molecule has 0 atom stereocenters. The summed E-state index contributed by atoms with van der Waals surface area (Å²) in [6.07, 6.45) is 3.73. The number of rotatable bonds is 9. The van der Waals surface area contributed by atoms with Gasteiger partial charge in [-0.25, -0.2) is 0 Å². The van der Waals surface area contributed by atoms with Crippen molar-refractivity contribution >= 4 is 47.2 Å². The van der Waals surface area contributed by atoms with Crippen molar-refractivity contribution in [2.75, 3.05) is 33.3 Å². The molecule has 0 spiro atoms. The first-order chi connectivity index (χ1) is 14.2. The topological polar surface area (TPSA) is 67.0 Å². The summed E-state index contributed by atoms with van der Waals surface area (Å²) in [6.45, 7) is 4.88. The van der Waals surface area contributed by atoms with Crippen LogP contribution in [0.5, 0.6) is 5.75 Å². The molecular formula is C21H28ClIN6O. The van der Waals surface area contributed by atoms with E-state index in [2.05, 4.69) is 27.3 Å². The first-order valence-electron chi connectivity index (χ1n) is 9.84. The van der Waals surface area contributed by atoms with Crippen LogP contribution in [-0.4, -0.2) is 58.7 Å². The van der Waals surface area contributed by atoms with Gasteiger partial charge in [-0.3, -0.25) is 9.39 Å².